The summed E-state index contributed by atoms with van der Waals surface area (Å²) in [6.45, 7) is 5.82. The van der Waals surface area contributed by atoms with Crippen LogP contribution in [0.4, 0.5) is 4.79 Å². The number of nitrogens with zero attached hydrogens (tertiary/aromatic N) is 2. The van der Waals surface area contributed by atoms with Crippen molar-refractivity contribution in [2.75, 3.05) is 32.7 Å². The molecule has 0 aromatic carbocycles. The predicted octanol–water partition coefficient (Wildman–Crippen LogP) is 0.587. The number of carbonyl (C=O) groups is 2. The van der Waals surface area contributed by atoms with Crippen LogP contribution in [0.3, 0.4) is 0 Å². The van der Waals surface area contributed by atoms with Gasteiger partial charge in [0.25, 0.3) is 0 Å². The first-order chi connectivity index (χ1) is 9.11. The molecule has 108 valence electrons. The molecular formula is C13H23N3O3. The molecule has 0 aromatic rings. The molecule has 0 saturated carbocycles. The van der Waals surface area contributed by atoms with E-state index < -0.39 is 11.9 Å². The zero-order valence-electron chi connectivity index (χ0n) is 11.5. The number of carboxylic acid groups (broad SMARTS) is 1. The van der Waals surface area contributed by atoms with Crippen molar-refractivity contribution >= 4 is 12.0 Å². The second-order valence-corrected chi connectivity index (χ2v) is 5.38. The standard InChI is InChI=1S/C13H23N3O3/c1-2-15-6-3-4-11(15)8-14-13(19)16-7-5-10(9-16)12(17)18/h10-11H,2-9H2,1H3,(H,14,19)(H,17,18). The van der Waals surface area contributed by atoms with Gasteiger partial charge in [0.1, 0.15) is 0 Å². The summed E-state index contributed by atoms with van der Waals surface area (Å²) in [4.78, 5) is 26.8. The average molecular weight is 269 g/mol. The Morgan fingerprint density at radius 3 is 2.74 bits per heavy atom. The Balaban J connectivity index is 1.74. The van der Waals surface area contributed by atoms with E-state index in [9.17, 15) is 9.59 Å². The molecular weight excluding hydrogens is 246 g/mol. The van der Waals surface area contributed by atoms with Crippen LogP contribution in [0.15, 0.2) is 0 Å². The Hall–Kier alpha value is -1.30. The fourth-order valence-corrected chi connectivity index (χ4v) is 3.01. The molecule has 2 amide bonds. The van der Waals surface area contributed by atoms with E-state index in [0.29, 0.717) is 32.1 Å². The van der Waals surface area contributed by atoms with Gasteiger partial charge in [0.15, 0.2) is 0 Å². The molecule has 0 aliphatic carbocycles. The molecule has 0 aromatic heterocycles. The highest BCUT2D eigenvalue weighted by Gasteiger charge is 2.31. The van der Waals surface area contributed by atoms with Crippen molar-refractivity contribution in [3.8, 4) is 0 Å². The maximum absolute atomic E-state index is 12.0. The summed E-state index contributed by atoms with van der Waals surface area (Å²) >= 11 is 0. The van der Waals surface area contributed by atoms with Crippen LogP contribution in [0.25, 0.3) is 0 Å². The number of hydrogen-bond donors (Lipinski definition) is 2. The van der Waals surface area contributed by atoms with Gasteiger partial charge in [-0.15, -0.1) is 0 Å². The quantitative estimate of drug-likeness (QED) is 0.783. The summed E-state index contributed by atoms with van der Waals surface area (Å²) in [6.07, 6.45) is 2.89. The second kappa shape index (κ2) is 6.23. The number of nitrogens with one attached hydrogen (secondary N) is 1. The van der Waals surface area contributed by atoms with Crippen LogP contribution in [-0.2, 0) is 4.79 Å². The van der Waals surface area contributed by atoms with Crippen molar-refractivity contribution in [2.45, 2.75) is 32.2 Å². The zero-order valence-corrected chi connectivity index (χ0v) is 11.5. The molecule has 2 unspecified atom stereocenters. The Labute approximate surface area is 113 Å². The highest BCUT2D eigenvalue weighted by Crippen LogP contribution is 2.17. The number of hydrogen-bond acceptors (Lipinski definition) is 3. The number of urea groups is 1. The summed E-state index contributed by atoms with van der Waals surface area (Å²) in [7, 11) is 0. The van der Waals surface area contributed by atoms with E-state index in [1.165, 1.54) is 6.42 Å². The number of likely N-dealkylation sites (tertiary alicyclic amines) is 2. The van der Waals surface area contributed by atoms with Crippen LogP contribution in [0.2, 0.25) is 0 Å². The third kappa shape index (κ3) is 3.37. The molecule has 2 fully saturated rings. The number of carbonyl (C=O) groups excluding carboxylic acids is 1. The SMILES string of the molecule is CCN1CCCC1CNC(=O)N1CCC(C(=O)O)C1. The zero-order chi connectivity index (χ0) is 13.8. The Morgan fingerprint density at radius 1 is 1.32 bits per heavy atom. The van der Waals surface area contributed by atoms with Gasteiger partial charge in [-0.25, -0.2) is 4.79 Å². The molecule has 0 radical (unpaired) electrons. The molecule has 2 saturated heterocycles. The van der Waals surface area contributed by atoms with Gasteiger partial charge in [0, 0.05) is 25.7 Å². The normalized spacial score (nSPS) is 27.7. The molecule has 6 heteroatoms. The average Bonchev–Trinajstić information content (AvgIpc) is 3.04. The van der Waals surface area contributed by atoms with Gasteiger partial charge in [0.05, 0.1) is 5.92 Å². The van der Waals surface area contributed by atoms with E-state index in [1.54, 1.807) is 4.90 Å². The minimum absolute atomic E-state index is 0.119. The van der Waals surface area contributed by atoms with Gasteiger partial charge >= 0.3 is 12.0 Å². The van der Waals surface area contributed by atoms with Crippen molar-refractivity contribution < 1.29 is 14.7 Å². The first-order valence-electron chi connectivity index (χ1n) is 7.11. The monoisotopic (exact) mass is 269 g/mol. The molecule has 2 N–H and O–H groups in total. The van der Waals surface area contributed by atoms with Crippen LogP contribution >= 0.6 is 0 Å². The molecule has 2 aliphatic heterocycles. The molecule has 2 heterocycles. The van der Waals surface area contributed by atoms with Gasteiger partial charge in [0.2, 0.25) is 0 Å². The summed E-state index contributed by atoms with van der Waals surface area (Å²) < 4.78 is 0. The van der Waals surface area contributed by atoms with E-state index in [0.717, 1.165) is 19.5 Å². The highest BCUT2D eigenvalue weighted by molar-refractivity contribution is 5.77. The maximum Gasteiger partial charge on any atom is 0.317 e. The van der Waals surface area contributed by atoms with Gasteiger partial charge in [-0.3, -0.25) is 9.69 Å². The van der Waals surface area contributed by atoms with Crippen molar-refractivity contribution in [3.05, 3.63) is 0 Å². The first kappa shape index (κ1) is 14.1. The Bertz CT molecular complexity index is 348. The fraction of sp³-hybridized carbons (Fsp3) is 0.846. The second-order valence-electron chi connectivity index (χ2n) is 5.38. The van der Waals surface area contributed by atoms with Gasteiger partial charge in [-0.2, -0.15) is 0 Å². The minimum atomic E-state index is -0.803. The number of aliphatic carboxylic acids is 1. The van der Waals surface area contributed by atoms with E-state index in [1.807, 2.05) is 0 Å². The van der Waals surface area contributed by atoms with Gasteiger partial charge in [-0.1, -0.05) is 6.92 Å². The third-order valence-electron chi connectivity index (χ3n) is 4.22. The molecule has 2 aliphatic rings. The van der Waals surface area contributed by atoms with Crippen LogP contribution in [0.1, 0.15) is 26.2 Å². The van der Waals surface area contributed by atoms with E-state index in [4.69, 9.17) is 5.11 Å². The molecule has 0 spiro atoms. The molecule has 0 bridgehead atoms. The minimum Gasteiger partial charge on any atom is -0.481 e. The lowest BCUT2D eigenvalue weighted by molar-refractivity contribution is -0.141. The lowest BCUT2D eigenvalue weighted by atomic mass is 10.1. The lowest BCUT2D eigenvalue weighted by Crippen LogP contribution is -2.45. The largest absolute Gasteiger partial charge is 0.481 e. The predicted molar refractivity (Wildman–Crippen MR) is 71.0 cm³/mol. The molecule has 6 nitrogen and oxygen atoms in total. The van der Waals surface area contributed by atoms with Crippen molar-refractivity contribution in [2.24, 2.45) is 5.92 Å². The van der Waals surface area contributed by atoms with E-state index >= 15 is 0 Å². The Kier molecular flexibility index (Phi) is 4.63. The topological polar surface area (TPSA) is 72.9 Å². The summed E-state index contributed by atoms with van der Waals surface area (Å²) in [5, 5.41) is 11.9. The number of rotatable bonds is 4. The van der Waals surface area contributed by atoms with Crippen LogP contribution in [-0.4, -0.2) is 65.7 Å². The summed E-state index contributed by atoms with van der Waals surface area (Å²) in [5.74, 6) is -1.20. The summed E-state index contributed by atoms with van der Waals surface area (Å²) in [6, 6.07) is 0.318. The molecule has 2 atom stereocenters. The van der Waals surface area contributed by atoms with Gasteiger partial charge < -0.3 is 15.3 Å². The number of likely N-dealkylation sites (N-methyl/N-ethyl adjacent to an activating group) is 1. The van der Waals surface area contributed by atoms with Crippen LogP contribution in [0, 0.1) is 5.92 Å². The first-order valence-corrected chi connectivity index (χ1v) is 7.11. The van der Waals surface area contributed by atoms with Crippen LogP contribution in [0.5, 0.6) is 0 Å². The van der Waals surface area contributed by atoms with E-state index in [2.05, 4.69) is 17.1 Å². The van der Waals surface area contributed by atoms with Crippen molar-refractivity contribution in [1.29, 1.82) is 0 Å². The number of amides is 2. The fourth-order valence-electron chi connectivity index (χ4n) is 3.01. The molecule has 2 rings (SSSR count). The third-order valence-corrected chi connectivity index (χ3v) is 4.22. The highest BCUT2D eigenvalue weighted by atomic mass is 16.4. The smallest absolute Gasteiger partial charge is 0.317 e. The maximum atomic E-state index is 12.0. The van der Waals surface area contributed by atoms with Crippen molar-refractivity contribution in [3.63, 3.8) is 0 Å². The lowest BCUT2D eigenvalue weighted by Gasteiger charge is -2.24. The summed E-state index contributed by atoms with van der Waals surface area (Å²) in [5.41, 5.74) is 0. The van der Waals surface area contributed by atoms with Crippen molar-refractivity contribution in [1.82, 2.24) is 15.1 Å². The van der Waals surface area contributed by atoms with Gasteiger partial charge in [-0.05, 0) is 32.4 Å². The number of carboxylic acids is 1. The molecule has 19 heavy (non-hydrogen) atoms. The Morgan fingerprint density at radius 2 is 2.11 bits per heavy atom. The van der Waals surface area contributed by atoms with Crippen LogP contribution < -0.4 is 5.32 Å². The van der Waals surface area contributed by atoms with E-state index in [-0.39, 0.29) is 6.03 Å².